The van der Waals surface area contributed by atoms with E-state index in [9.17, 15) is 14.4 Å². The molecule has 1 aromatic heterocycles. The summed E-state index contributed by atoms with van der Waals surface area (Å²) in [7, 11) is 1.61. The number of likely N-dealkylation sites (tertiary alicyclic amines) is 1. The molecule has 1 aliphatic rings. The highest BCUT2D eigenvalue weighted by Gasteiger charge is 2.23. The first kappa shape index (κ1) is 21.6. The number of nitrogens with zero attached hydrogens (tertiary/aromatic N) is 2. The molecule has 0 spiro atoms. The van der Waals surface area contributed by atoms with Crippen LogP contribution in [0, 0.1) is 0 Å². The molecule has 7 heteroatoms. The van der Waals surface area contributed by atoms with Crippen LogP contribution in [-0.2, 0) is 22.6 Å². The number of Topliss-reactive ketones (excluding diaryl/α,β-unsaturated/α-hetero) is 1. The van der Waals surface area contributed by atoms with Gasteiger partial charge in [0, 0.05) is 36.7 Å². The summed E-state index contributed by atoms with van der Waals surface area (Å²) in [5, 5.41) is 3.39. The highest BCUT2D eigenvalue weighted by molar-refractivity contribution is 6.45. The van der Waals surface area contributed by atoms with Gasteiger partial charge in [0.05, 0.1) is 12.7 Å². The fraction of sp³-hybridized carbons (Fsp3) is 0.320. The Kier molecular flexibility index (Phi) is 6.54. The average Bonchev–Trinajstić information content (AvgIpc) is 3.48. The van der Waals surface area contributed by atoms with Crippen LogP contribution in [0.2, 0.25) is 0 Å². The van der Waals surface area contributed by atoms with Crippen molar-refractivity contribution in [1.82, 2.24) is 14.8 Å². The Morgan fingerprint density at radius 1 is 1.00 bits per heavy atom. The van der Waals surface area contributed by atoms with Gasteiger partial charge in [-0.05, 0) is 43.0 Å². The van der Waals surface area contributed by atoms with Crippen molar-refractivity contribution < 1.29 is 19.1 Å². The van der Waals surface area contributed by atoms with Crippen molar-refractivity contribution in [1.29, 1.82) is 0 Å². The summed E-state index contributed by atoms with van der Waals surface area (Å²) in [5.41, 5.74) is 2.13. The number of hydrogen-bond acceptors (Lipinski definition) is 4. The van der Waals surface area contributed by atoms with Gasteiger partial charge in [-0.1, -0.05) is 30.3 Å². The molecule has 4 rings (SSSR count). The number of nitrogens with one attached hydrogen (secondary N) is 1. The number of ether oxygens (including phenoxy) is 1. The van der Waals surface area contributed by atoms with Gasteiger partial charge in [0.25, 0.3) is 11.7 Å². The van der Waals surface area contributed by atoms with E-state index in [4.69, 9.17) is 4.74 Å². The van der Waals surface area contributed by atoms with Crippen LogP contribution in [0.15, 0.2) is 54.7 Å². The summed E-state index contributed by atoms with van der Waals surface area (Å²) in [4.78, 5) is 39.9. The Balaban J connectivity index is 1.44. The Labute approximate surface area is 187 Å². The average molecular weight is 434 g/mol. The van der Waals surface area contributed by atoms with Crippen molar-refractivity contribution in [3.8, 4) is 5.75 Å². The zero-order valence-electron chi connectivity index (χ0n) is 18.2. The molecule has 32 heavy (non-hydrogen) atoms. The van der Waals surface area contributed by atoms with Crippen LogP contribution in [-0.4, -0.2) is 53.8 Å². The van der Waals surface area contributed by atoms with Crippen LogP contribution in [0.4, 0.5) is 0 Å². The van der Waals surface area contributed by atoms with Crippen LogP contribution in [0.3, 0.4) is 0 Å². The highest BCUT2D eigenvalue weighted by atomic mass is 16.5. The molecule has 2 amide bonds. The van der Waals surface area contributed by atoms with E-state index in [0.29, 0.717) is 23.9 Å². The SMILES string of the molecule is COc1ccc(CCNC(=O)C(=O)c2cn(CC(=O)N3CCCC3)c3ccccc23)cc1. The number of benzene rings is 2. The van der Waals surface area contributed by atoms with Crippen molar-refractivity contribution in [2.24, 2.45) is 0 Å². The smallest absolute Gasteiger partial charge is 0.292 e. The van der Waals surface area contributed by atoms with Gasteiger partial charge in [0.2, 0.25) is 5.91 Å². The van der Waals surface area contributed by atoms with Crippen LogP contribution in [0.1, 0.15) is 28.8 Å². The Morgan fingerprint density at radius 3 is 2.44 bits per heavy atom. The summed E-state index contributed by atoms with van der Waals surface area (Å²) >= 11 is 0. The van der Waals surface area contributed by atoms with Gasteiger partial charge in [-0.3, -0.25) is 14.4 Å². The molecule has 3 aromatic rings. The molecule has 1 aliphatic heterocycles. The van der Waals surface area contributed by atoms with Gasteiger partial charge in [-0.25, -0.2) is 0 Å². The number of carbonyl (C=O) groups excluding carboxylic acids is 3. The van der Waals surface area contributed by atoms with Gasteiger partial charge < -0.3 is 19.5 Å². The molecule has 1 fully saturated rings. The number of para-hydroxylation sites is 1. The fourth-order valence-electron chi connectivity index (χ4n) is 4.09. The van der Waals surface area contributed by atoms with Gasteiger partial charge in [0.1, 0.15) is 12.3 Å². The minimum absolute atomic E-state index is 0.0335. The zero-order chi connectivity index (χ0) is 22.5. The van der Waals surface area contributed by atoms with E-state index in [0.717, 1.165) is 42.8 Å². The van der Waals surface area contributed by atoms with Crippen LogP contribution in [0.25, 0.3) is 10.9 Å². The lowest BCUT2D eigenvalue weighted by molar-refractivity contribution is -0.130. The lowest BCUT2D eigenvalue weighted by Crippen LogP contribution is -2.32. The number of amides is 2. The van der Waals surface area contributed by atoms with Crippen LogP contribution < -0.4 is 10.1 Å². The fourth-order valence-corrected chi connectivity index (χ4v) is 4.09. The molecular formula is C25H27N3O4. The Morgan fingerprint density at radius 2 is 1.72 bits per heavy atom. The minimum Gasteiger partial charge on any atom is -0.497 e. The van der Waals surface area contributed by atoms with Crippen molar-refractivity contribution in [2.45, 2.75) is 25.8 Å². The number of aromatic nitrogens is 1. The molecule has 0 atom stereocenters. The molecular weight excluding hydrogens is 406 g/mol. The van der Waals surface area contributed by atoms with E-state index < -0.39 is 11.7 Å². The molecule has 0 unspecified atom stereocenters. The Hall–Kier alpha value is -3.61. The lowest BCUT2D eigenvalue weighted by atomic mass is 10.1. The number of fused-ring (bicyclic) bond motifs is 1. The molecule has 0 saturated carbocycles. The molecule has 166 valence electrons. The predicted octanol–water partition coefficient (Wildman–Crippen LogP) is 2.81. The molecule has 0 bridgehead atoms. The summed E-state index contributed by atoms with van der Waals surface area (Å²) in [6.45, 7) is 2.07. The second-order valence-corrected chi connectivity index (χ2v) is 7.96. The van der Waals surface area contributed by atoms with Crippen molar-refractivity contribution >= 4 is 28.5 Å². The lowest BCUT2D eigenvalue weighted by Gasteiger charge is -2.15. The largest absolute Gasteiger partial charge is 0.497 e. The summed E-state index contributed by atoms with van der Waals surface area (Å²) in [6, 6.07) is 14.9. The first-order chi connectivity index (χ1) is 15.6. The third-order valence-corrected chi connectivity index (χ3v) is 5.86. The van der Waals surface area contributed by atoms with Gasteiger partial charge in [0.15, 0.2) is 0 Å². The molecule has 2 heterocycles. The molecule has 0 aliphatic carbocycles. The van der Waals surface area contributed by atoms with Crippen molar-refractivity contribution in [3.63, 3.8) is 0 Å². The van der Waals surface area contributed by atoms with Crippen LogP contribution >= 0.6 is 0 Å². The standard InChI is InChI=1S/C25H27N3O4/c1-32-19-10-8-18(9-11-19)12-13-26-25(31)24(30)21-16-28(22-7-3-2-6-20(21)22)17-23(29)27-14-4-5-15-27/h2-3,6-11,16H,4-5,12-15,17H2,1H3,(H,26,31). The third kappa shape index (κ3) is 4.66. The van der Waals surface area contributed by atoms with Gasteiger partial charge >= 0.3 is 0 Å². The molecule has 2 aromatic carbocycles. The maximum absolute atomic E-state index is 12.9. The highest BCUT2D eigenvalue weighted by Crippen LogP contribution is 2.22. The minimum atomic E-state index is -0.646. The normalized spacial score (nSPS) is 13.3. The maximum Gasteiger partial charge on any atom is 0.292 e. The first-order valence-electron chi connectivity index (χ1n) is 10.9. The second kappa shape index (κ2) is 9.68. The van der Waals surface area contributed by atoms with Gasteiger partial charge in [-0.2, -0.15) is 0 Å². The second-order valence-electron chi connectivity index (χ2n) is 7.96. The van der Waals surface area contributed by atoms with E-state index in [-0.39, 0.29) is 12.5 Å². The van der Waals surface area contributed by atoms with Crippen LogP contribution in [0.5, 0.6) is 5.75 Å². The van der Waals surface area contributed by atoms with Crippen molar-refractivity contribution in [2.75, 3.05) is 26.7 Å². The molecule has 7 nitrogen and oxygen atoms in total. The number of ketones is 1. The third-order valence-electron chi connectivity index (χ3n) is 5.86. The number of methoxy groups -OCH3 is 1. The first-order valence-corrected chi connectivity index (χ1v) is 10.9. The molecule has 1 saturated heterocycles. The maximum atomic E-state index is 12.9. The zero-order valence-corrected chi connectivity index (χ0v) is 18.2. The Bertz CT molecular complexity index is 1130. The number of hydrogen-bond donors (Lipinski definition) is 1. The number of carbonyl (C=O) groups is 3. The monoisotopic (exact) mass is 433 g/mol. The molecule has 0 radical (unpaired) electrons. The van der Waals surface area contributed by atoms with Gasteiger partial charge in [-0.15, -0.1) is 0 Å². The van der Waals surface area contributed by atoms with Crippen molar-refractivity contribution in [3.05, 3.63) is 65.9 Å². The van der Waals surface area contributed by atoms with E-state index in [2.05, 4.69) is 5.32 Å². The van der Waals surface area contributed by atoms with E-state index in [1.807, 2.05) is 53.4 Å². The molecule has 1 N–H and O–H groups in total. The predicted molar refractivity (Wildman–Crippen MR) is 122 cm³/mol. The summed E-state index contributed by atoms with van der Waals surface area (Å²) in [6.07, 6.45) is 4.29. The summed E-state index contributed by atoms with van der Waals surface area (Å²) < 4.78 is 6.91. The quantitative estimate of drug-likeness (QED) is 0.438. The van der Waals surface area contributed by atoms with E-state index in [1.54, 1.807) is 17.9 Å². The van der Waals surface area contributed by atoms with E-state index >= 15 is 0 Å². The summed E-state index contributed by atoms with van der Waals surface area (Å²) in [5.74, 6) is -0.436. The topological polar surface area (TPSA) is 80.6 Å². The number of rotatable bonds is 8. The van der Waals surface area contributed by atoms with E-state index in [1.165, 1.54) is 0 Å².